The summed E-state index contributed by atoms with van der Waals surface area (Å²) >= 11 is 0. The van der Waals surface area contributed by atoms with Gasteiger partial charge in [-0.05, 0) is 17.7 Å². The van der Waals surface area contributed by atoms with Crippen LogP contribution in [0.4, 0.5) is 13.6 Å². The van der Waals surface area contributed by atoms with Gasteiger partial charge in [0.25, 0.3) is 0 Å². The third-order valence-corrected chi connectivity index (χ3v) is 1.62. The van der Waals surface area contributed by atoms with E-state index in [9.17, 15) is 18.4 Å². The molecular formula is C10H9F2NO3. The van der Waals surface area contributed by atoms with Crippen LogP contribution in [-0.2, 0) is 16.1 Å². The molecule has 1 rings (SSSR count). The van der Waals surface area contributed by atoms with Crippen LogP contribution in [0.3, 0.4) is 0 Å². The van der Waals surface area contributed by atoms with Crippen molar-refractivity contribution in [3.8, 4) is 0 Å². The summed E-state index contributed by atoms with van der Waals surface area (Å²) in [7, 11) is 0. The summed E-state index contributed by atoms with van der Waals surface area (Å²) in [5, 5.41) is 2.12. The SMILES string of the molecule is O=CCNC(=O)OCc1cc(F)cc(F)c1. The average molecular weight is 229 g/mol. The van der Waals surface area contributed by atoms with E-state index in [1.807, 2.05) is 0 Å². The molecule has 0 saturated carbocycles. The number of rotatable bonds is 4. The molecule has 6 heteroatoms. The lowest BCUT2D eigenvalue weighted by molar-refractivity contribution is -0.107. The number of hydrogen-bond acceptors (Lipinski definition) is 3. The Labute approximate surface area is 90.2 Å². The molecule has 0 aromatic heterocycles. The lowest BCUT2D eigenvalue weighted by Gasteiger charge is -2.05. The van der Waals surface area contributed by atoms with Gasteiger partial charge in [0, 0.05) is 6.07 Å². The molecule has 0 aliphatic rings. The van der Waals surface area contributed by atoms with Gasteiger partial charge < -0.3 is 14.8 Å². The second-order valence-corrected chi connectivity index (χ2v) is 2.90. The lowest BCUT2D eigenvalue weighted by Crippen LogP contribution is -2.25. The van der Waals surface area contributed by atoms with Crippen LogP contribution in [0.2, 0.25) is 0 Å². The Hall–Kier alpha value is -1.98. The molecule has 16 heavy (non-hydrogen) atoms. The van der Waals surface area contributed by atoms with Crippen LogP contribution in [0, 0.1) is 11.6 Å². The maximum absolute atomic E-state index is 12.7. The van der Waals surface area contributed by atoms with Gasteiger partial charge in [-0.1, -0.05) is 0 Å². The Morgan fingerprint density at radius 2 is 1.94 bits per heavy atom. The maximum Gasteiger partial charge on any atom is 0.407 e. The molecule has 1 amide bonds. The first-order valence-electron chi connectivity index (χ1n) is 4.41. The van der Waals surface area contributed by atoms with Crippen molar-refractivity contribution < 1.29 is 23.1 Å². The zero-order valence-electron chi connectivity index (χ0n) is 8.20. The molecule has 0 saturated heterocycles. The summed E-state index contributed by atoms with van der Waals surface area (Å²) in [6, 6.07) is 2.82. The summed E-state index contributed by atoms with van der Waals surface area (Å²) in [5.41, 5.74) is 0.193. The standard InChI is InChI=1S/C10H9F2NO3/c11-8-3-7(4-9(12)5-8)6-16-10(15)13-1-2-14/h2-5H,1,6H2,(H,13,15). The number of carbonyl (C=O) groups excluding carboxylic acids is 2. The number of ether oxygens (including phenoxy) is 1. The smallest absolute Gasteiger partial charge is 0.407 e. The monoisotopic (exact) mass is 229 g/mol. The third kappa shape index (κ3) is 4.04. The first kappa shape index (κ1) is 12.1. The molecule has 0 heterocycles. The minimum atomic E-state index is -0.822. The van der Waals surface area contributed by atoms with E-state index >= 15 is 0 Å². The van der Waals surface area contributed by atoms with Crippen molar-refractivity contribution in [3.05, 3.63) is 35.4 Å². The van der Waals surface area contributed by atoms with E-state index in [1.54, 1.807) is 0 Å². The number of hydrogen-bond donors (Lipinski definition) is 1. The van der Waals surface area contributed by atoms with Crippen molar-refractivity contribution in [3.63, 3.8) is 0 Å². The minimum absolute atomic E-state index is 0.170. The van der Waals surface area contributed by atoms with Crippen molar-refractivity contribution in [1.82, 2.24) is 5.32 Å². The van der Waals surface area contributed by atoms with Gasteiger partial charge in [-0.25, -0.2) is 13.6 Å². The van der Waals surface area contributed by atoms with Gasteiger partial charge >= 0.3 is 6.09 Å². The predicted octanol–water partition coefficient (Wildman–Crippen LogP) is 1.39. The first-order valence-corrected chi connectivity index (χ1v) is 4.41. The van der Waals surface area contributed by atoms with E-state index in [0.717, 1.165) is 18.2 Å². The van der Waals surface area contributed by atoms with E-state index < -0.39 is 17.7 Å². The fourth-order valence-electron chi connectivity index (χ4n) is 1.02. The van der Waals surface area contributed by atoms with Gasteiger partial charge in [0.15, 0.2) is 0 Å². The first-order chi connectivity index (χ1) is 7.61. The second kappa shape index (κ2) is 5.79. The van der Waals surface area contributed by atoms with Crippen LogP contribution < -0.4 is 5.32 Å². The lowest BCUT2D eigenvalue weighted by atomic mass is 10.2. The highest BCUT2D eigenvalue weighted by Crippen LogP contribution is 2.08. The summed E-state index contributed by atoms with van der Waals surface area (Å²) < 4.78 is 30.0. The number of aldehydes is 1. The van der Waals surface area contributed by atoms with Gasteiger partial charge in [0.05, 0.1) is 6.54 Å². The zero-order chi connectivity index (χ0) is 12.0. The third-order valence-electron chi connectivity index (χ3n) is 1.62. The fourth-order valence-corrected chi connectivity index (χ4v) is 1.02. The second-order valence-electron chi connectivity index (χ2n) is 2.90. The average Bonchev–Trinajstić information content (AvgIpc) is 2.22. The maximum atomic E-state index is 12.7. The molecule has 1 aromatic rings. The van der Waals surface area contributed by atoms with Crippen molar-refractivity contribution >= 4 is 12.4 Å². The molecule has 0 atom stereocenters. The molecule has 0 aliphatic heterocycles. The molecule has 0 unspecified atom stereocenters. The number of amides is 1. The van der Waals surface area contributed by atoms with Crippen LogP contribution in [-0.4, -0.2) is 18.9 Å². The van der Waals surface area contributed by atoms with Gasteiger partial charge in [0.1, 0.15) is 24.5 Å². The van der Waals surface area contributed by atoms with Crippen LogP contribution in [0.25, 0.3) is 0 Å². The Balaban J connectivity index is 2.47. The van der Waals surface area contributed by atoms with Crippen molar-refractivity contribution in [2.24, 2.45) is 0 Å². The fraction of sp³-hybridized carbons (Fsp3) is 0.200. The normalized spacial score (nSPS) is 9.62. The number of nitrogens with one attached hydrogen (secondary N) is 1. The summed E-state index contributed by atoms with van der Waals surface area (Å²) in [4.78, 5) is 20.8. The minimum Gasteiger partial charge on any atom is -0.445 e. The van der Waals surface area contributed by atoms with E-state index in [-0.39, 0.29) is 18.7 Å². The zero-order valence-corrected chi connectivity index (χ0v) is 8.20. The highest BCUT2D eigenvalue weighted by Gasteiger charge is 2.04. The highest BCUT2D eigenvalue weighted by atomic mass is 19.1. The molecule has 0 bridgehead atoms. The summed E-state index contributed by atoms with van der Waals surface area (Å²) in [6.45, 7) is -0.435. The van der Waals surface area contributed by atoms with E-state index in [1.165, 1.54) is 0 Å². The summed E-state index contributed by atoms with van der Waals surface area (Å²) in [5.74, 6) is -1.49. The Morgan fingerprint density at radius 3 is 2.50 bits per heavy atom. The largest absolute Gasteiger partial charge is 0.445 e. The van der Waals surface area contributed by atoms with Gasteiger partial charge in [-0.2, -0.15) is 0 Å². The van der Waals surface area contributed by atoms with E-state index in [4.69, 9.17) is 0 Å². The molecule has 0 spiro atoms. The van der Waals surface area contributed by atoms with Gasteiger partial charge in [-0.15, -0.1) is 0 Å². The van der Waals surface area contributed by atoms with Crippen molar-refractivity contribution in [2.45, 2.75) is 6.61 Å². The van der Waals surface area contributed by atoms with Crippen molar-refractivity contribution in [1.29, 1.82) is 0 Å². The molecule has 0 aliphatic carbocycles. The summed E-state index contributed by atoms with van der Waals surface area (Å²) in [6.07, 6.45) is -0.333. The number of halogens is 2. The predicted molar refractivity (Wildman–Crippen MR) is 50.6 cm³/mol. The molecule has 0 fully saturated rings. The van der Waals surface area contributed by atoms with Crippen LogP contribution in [0.15, 0.2) is 18.2 Å². The number of carbonyl (C=O) groups is 2. The molecule has 4 nitrogen and oxygen atoms in total. The topological polar surface area (TPSA) is 55.4 Å². The Kier molecular flexibility index (Phi) is 4.38. The molecule has 0 radical (unpaired) electrons. The highest BCUT2D eigenvalue weighted by molar-refractivity contribution is 5.70. The molecule has 1 N–H and O–H groups in total. The van der Waals surface area contributed by atoms with Crippen LogP contribution in [0.5, 0.6) is 0 Å². The van der Waals surface area contributed by atoms with Crippen LogP contribution >= 0.6 is 0 Å². The number of alkyl carbamates (subject to hydrolysis) is 1. The Bertz CT molecular complexity index is 375. The van der Waals surface area contributed by atoms with Crippen molar-refractivity contribution in [2.75, 3.05) is 6.54 Å². The molecule has 1 aromatic carbocycles. The van der Waals surface area contributed by atoms with E-state index in [0.29, 0.717) is 6.29 Å². The quantitative estimate of drug-likeness (QED) is 0.794. The van der Waals surface area contributed by atoms with E-state index in [2.05, 4.69) is 10.1 Å². The Morgan fingerprint density at radius 1 is 1.31 bits per heavy atom. The van der Waals surface area contributed by atoms with Crippen LogP contribution in [0.1, 0.15) is 5.56 Å². The van der Waals surface area contributed by atoms with Gasteiger partial charge in [0.2, 0.25) is 0 Å². The number of benzene rings is 1. The molecular weight excluding hydrogens is 220 g/mol. The van der Waals surface area contributed by atoms with Gasteiger partial charge in [-0.3, -0.25) is 0 Å². The molecule has 86 valence electrons.